The summed E-state index contributed by atoms with van der Waals surface area (Å²) in [5, 5.41) is 23.4. The summed E-state index contributed by atoms with van der Waals surface area (Å²) in [6.45, 7) is 10.7. The van der Waals surface area contributed by atoms with Crippen LogP contribution in [0.3, 0.4) is 0 Å². The first-order valence-electron chi connectivity index (χ1n) is 45.6. The molecular formula is C101H120BrF3I5N9O10. The van der Waals surface area contributed by atoms with Gasteiger partial charge in [-0.05, 0) is 347 Å². The molecule has 4 N–H and O–H groups in total. The van der Waals surface area contributed by atoms with E-state index in [1.807, 2.05) is 122 Å². The number of carbonyl (C=O) groups excluding carboxylic acids is 8. The van der Waals surface area contributed by atoms with Crippen molar-refractivity contribution >= 4 is 205 Å². The van der Waals surface area contributed by atoms with E-state index in [4.69, 9.17) is 0 Å². The predicted octanol–water partition coefficient (Wildman–Crippen LogP) is 25.5. The van der Waals surface area contributed by atoms with Crippen LogP contribution in [0.2, 0.25) is 0 Å². The molecule has 0 heterocycles. The van der Waals surface area contributed by atoms with Crippen molar-refractivity contribution in [2.24, 2.45) is 23.7 Å². The average molecular weight is 2390 g/mol. The highest BCUT2D eigenvalue weighted by Gasteiger charge is 2.44. The number of rotatable bonds is 33. The van der Waals surface area contributed by atoms with E-state index in [1.54, 1.807) is 57.2 Å². The molecule has 129 heavy (non-hydrogen) atoms. The molecule has 4 aliphatic rings. The molecule has 8 aromatic rings. The van der Waals surface area contributed by atoms with Crippen molar-refractivity contribution in [3.8, 4) is 0 Å². The molecular weight excluding hydrogens is 2270 g/mol. The lowest BCUT2D eigenvalue weighted by atomic mass is 9.82. The third-order valence-corrected chi connectivity index (χ3v) is 29.2. The number of benzene rings is 8. The Balaban J connectivity index is 0.000000194. The number of amides is 8. The quantitative estimate of drug-likeness (QED) is 0.0131. The summed E-state index contributed by atoms with van der Waals surface area (Å²) >= 11 is 14.4. The maximum Gasteiger partial charge on any atom is 0.416 e. The number of nitro groups is 1. The standard InChI is InChI=1S/C26H30F3IN2O2.C25H30BrIN2O2.C25H30I2N2O2.C25H30IN3O4/c1-2-3-17-31-24(33)23(18-9-5-4-6-10-18)32(25(34)21-11-7-8-12-22(21)30)20-15-13-19(14-16-20)26(27,28)29;2*1-2-3-17-28-24(30)23(18-9-5-4-6-10-18)29(20-15-13-19(26)14-16-20)25(31)21-11-7-8-12-22(21)27;1-2-3-17-27-24(30)23(18-9-5-4-6-10-18)28(19-13-15-20(16-14-19)29(32)33)25(31)21-11-7-8-12-22(21)26/h7-8,11-16,18,23H,2-6,9-10,17H2,1H3,(H,31,33);2*7-8,11-16,18,23H,2-6,9-10,17H2,1H3,(H,28,30);7-8,11-16,18,23H,2-6,9-10,17H2,1H3,(H,27,30). The van der Waals surface area contributed by atoms with E-state index < -0.39 is 40.8 Å². The summed E-state index contributed by atoms with van der Waals surface area (Å²) in [5.41, 5.74) is 3.69. The highest BCUT2D eigenvalue weighted by Crippen LogP contribution is 2.41. The minimum absolute atomic E-state index is 0.0286. The van der Waals surface area contributed by atoms with Crippen molar-refractivity contribution in [2.75, 3.05) is 45.8 Å². The second-order valence-electron chi connectivity index (χ2n) is 33.3. The molecule has 0 aromatic heterocycles. The van der Waals surface area contributed by atoms with Gasteiger partial charge < -0.3 is 21.3 Å². The third-order valence-electron chi connectivity index (χ3n) is 24.2. The van der Waals surface area contributed by atoms with E-state index in [1.165, 1.54) is 42.0 Å². The lowest BCUT2D eigenvalue weighted by molar-refractivity contribution is -0.384. The largest absolute Gasteiger partial charge is 0.416 e. The van der Waals surface area contributed by atoms with Crippen LogP contribution in [-0.2, 0) is 25.4 Å². The van der Waals surface area contributed by atoms with Crippen molar-refractivity contribution in [3.05, 3.63) is 254 Å². The molecule has 8 amide bonds. The van der Waals surface area contributed by atoms with Gasteiger partial charge in [0, 0.05) is 83.4 Å². The highest BCUT2D eigenvalue weighted by molar-refractivity contribution is 14.1. The number of nitrogens with one attached hydrogen (secondary N) is 4. The minimum atomic E-state index is -4.48. The normalized spacial score (nSPS) is 15.3. The number of hydrogen-bond acceptors (Lipinski definition) is 10. The number of anilines is 4. The first-order valence-corrected chi connectivity index (χ1v) is 51.8. The maximum atomic E-state index is 13.9. The second-order valence-corrected chi connectivity index (χ2v) is 40.2. The molecule has 0 aliphatic heterocycles. The molecule has 4 aliphatic carbocycles. The molecule has 28 heteroatoms. The SMILES string of the molecule is CCCCNC(=O)C(C1CCCCC1)N(C(=O)c1ccccc1I)c1ccc(Br)cc1.CCCCNC(=O)C(C1CCCCC1)N(C(=O)c1ccccc1I)c1ccc(C(F)(F)F)cc1.CCCCNC(=O)C(C1CCCCC1)N(C(=O)c1ccccc1I)c1ccc(I)cc1.CCCCNC(=O)C(C1CCCCC1)N(C(=O)c1ccccc1I)c1ccc([N+](=O)[O-])cc1. The Morgan fingerprint density at radius 2 is 0.581 bits per heavy atom. The second kappa shape index (κ2) is 54.9. The lowest BCUT2D eigenvalue weighted by Gasteiger charge is -2.38. The Morgan fingerprint density at radius 3 is 0.806 bits per heavy atom. The summed E-state index contributed by atoms with van der Waals surface area (Å²) in [5.74, 6) is -1.07. The van der Waals surface area contributed by atoms with E-state index >= 15 is 0 Å². The zero-order valence-electron chi connectivity index (χ0n) is 73.9. The third kappa shape index (κ3) is 30.9. The van der Waals surface area contributed by atoms with Crippen LogP contribution in [-0.4, -0.2) is 103 Å². The Hall–Kier alpha value is -7.16. The van der Waals surface area contributed by atoms with Crippen LogP contribution >= 0.6 is 129 Å². The molecule has 692 valence electrons. The van der Waals surface area contributed by atoms with Crippen molar-refractivity contribution in [1.82, 2.24) is 21.3 Å². The Kier molecular flexibility index (Phi) is 44.9. The number of hydrogen-bond donors (Lipinski definition) is 4. The number of nitrogens with zero attached hydrogens (tertiary/aromatic N) is 5. The van der Waals surface area contributed by atoms with Gasteiger partial charge in [-0.25, -0.2) is 0 Å². The summed E-state index contributed by atoms with van der Waals surface area (Å²) in [6.07, 6.45) is 23.2. The number of non-ortho nitro benzene ring substituents is 1. The molecule has 4 saturated carbocycles. The van der Waals surface area contributed by atoms with Crippen LogP contribution in [0.15, 0.2) is 199 Å². The molecule has 4 fully saturated rings. The summed E-state index contributed by atoms with van der Waals surface area (Å²) in [6, 6.07) is 53.2. The van der Waals surface area contributed by atoms with Crippen LogP contribution in [0.1, 0.15) is 254 Å². The van der Waals surface area contributed by atoms with Gasteiger partial charge >= 0.3 is 6.18 Å². The van der Waals surface area contributed by atoms with Crippen LogP contribution in [0.25, 0.3) is 0 Å². The predicted molar refractivity (Wildman–Crippen MR) is 555 cm³/mol. The fourth-order valence-electron chi connectivity index (χ4n) is 17.4. The van der Waals surface area contributed by atoms with Gasteiger partial charge in [0.2, 0.25) is 23.6 Å². The molecule has 0 radical (unpaired) electrons. The van der Waals surface area contributed by atoms with E-state index in [9.17, 15) is 61.6 Å². The van der Waals surface area contributed by atoms with Crippen molar-refractivity contribution in [2.45, 2.75) is 238 Å². The molecule has 12 rings (SSSR count). The van der Waals surface area contributed by atoms with Crippen molar-refractivity contribution < 1.29 is 56.5 Å². The number of halogens is 9. The molecule has 0 spiro atoms. The number of alkyl halides is 3. The topological polar surface area (TPSA) is 241 Å². The Bertz CT molecular complexity index is 4790. The van der Waals surface area contributed by atoms with Crippen molar-refractivity contribution in [3.63, 3.8) is 0 Å². The lowest BCUT2D eigenvalue weighted by Crippen LogP contribution is -2.54. The first kappa shape index (κ1) is 106. The van der Waals surface area contributed by atoms with Gasteiger partial charge in [-0.2, -0.15) is 13.2 Å². The molecule has 0 saturated heterocycles. The van der Waals surface area contributed by atoms with Gasteiger partial charge in [-0.15, -0.1) is 0 Å². The number of carbonyl (C=O) groups is 8. The summed E-state index contributed by atoms with van der Waals surface area (Å²) in [4.78, 5) is 127. The fourth-order valence-corrected chi connectivity index (χ4v) is 20.5. The van der Waals surface area contributed by atoms with Gasteiger partial charge in [0.25, 0.3) is 29.3 Å². The van der Waals surface area contributed by atoms with Gasteiger partial charge in [-0.1, -0.05) is 195 Å². The van der Waals surface area contributed by atoms with E-state index in [2.05, 4.69) is 171 Å². The summed E-state index contributed by atoms with van der Waals surface area (Å²) < 4.78 is 44.9. The fraction of sp³-hybridized carbons (Fsp3) is 0.446. The molecule has 0 bridgehead atoms. The van der Waals surface area contributed by atoms with Gasteiger partial charge in [0.15, 0.2) is 0 Å². The van der Waals surface area contributed by atoms with E-state index in [0.29, 0.717) is 59.8 Å². The number of nitro benzene ring substituents is 1. The van der Waals surface area contributed by atoms with Crippen molar-refractivity contribution in [1.29, 1.82) is 0 Å². The summed E-state index contributed by atoms with van der Waals surface area (Å²) in [7, 11) is 0. The Morgan fingerprint density at radius 1 is 0.357 bits per heavy atom. The van der Waals surface area contributed by atoms with E-state index in [-0.39, 0.29) is 76.6 Å². The first-order chi connectivity index (χ1) is 62.2. The van der Waals surface area contributed by atoms with Crippen LogP contribution < -0.4 is 40.9 Å². The van der Waals surface area contributed by atoms with E-state index in [0.717, 1.165) is 213 Å². The molecule has 19 nitrogen and oxygen atoms in total. The monoisotopic (exact) mass is 2390 g/mol. The average Bonchev–Trinajstić information content (AvgIpc) is 0.783. The van der Waals surface area contributed by atoms with Gasteiger partial charge in [0.1, 0.15) is 24.2 Å². The molecule has 4 unspecified atom stereocenters. The number of unbranched alkanes of at least 4 members (excludes halogenated alkanes) is 4. The minimum Gasteiger partial charge on any atom is -0.354 e. The Labute approximate surface area is 835 Å². The smallest absolute Gasteiger partial charge is 0.354 e. The van der Waals surface area contributed by atoms with Crippen LogP contribution in [0, 0.1) is 51.6 Å². The zero-order chi connectivity index (χ0) is 92.9. The molecule has 8 aromatic carbocycles. The molecule has 4 atom stereocenters. The van der Waals surface area contributed by atoms with Gasteiger partial charge in [-0.3, -0.25) is 68.1 Å². The van der Waals surface area contributed by atoms with Crippen LogP contribution in [0.5, 0.6) is 0 Å². The van der Waals surface area contributed by atoms with Crippen LogP contribution in [0.4, 0.5) is 41.6 Å². The van der Waals surface area contributed by atoms with Gasteiger partial charge in [0.05, 0.1) is 32.7 Å². The maximum absolute atomic E-state index is 13.9. The highest BCUT2D eigenvalue weighted by atomic mass is 127. The zero-order valence-corrected chi connectivity index (χ0v) is 86.3.